The molecule has 16 heavy (non-hydrogen) atoms. The van der Waals surface area contributed by atoms with Crippen molar-refractivity contribution in [2.24, 2.45) is 0 Å². The molecule has 1 N–H and O–H groups in total. The van der Waals surface area contributed by atoms with Gasteiger partial charge in [0.2, 0.25) is 0 Å². The summed E-state index contributed by atoms with van der Waals surface area (Å²) in [6.07, 6.45) is 0. The van der Waals surface area contributed by atoms with Crippen molar-refractivity contribution in [3.05, 3.63) is 35.2 Å². The second-order valence-corrected chi connectivity index (χ2v) is 4.25. The second kappa shape index (κ2) is 5.09. The lowest BCUT2D eigenvalue weighted by Crippen LogP contribution is -1.90. The molecule has 0 atom stereocenters. The van der Waals surface area contributed by atoms with E-state index in [1.807, 2.05) is 37.3 Å². The number of hydrogen-bond donors (Lipinski definition) is 1. The topological polar surface area (TPSA) is 42.4 Å². The van der Waals surface area contributed by atoms with Crippen LogP contribution in [0.5, 0.6) is 5.19 Å². The number of aliphatic hydroxyl groups excluding tert-OH is 1. The Bertz CT molecular complexity index is 453. The molecule has 0 amide bonds. The van der Waals surface area contributed by atoms with E-state index in [2.05, 4.69) is 4.98 Å². The summed E-state index contributed by atoms with van der Waals surface area (Å²) in [5.74, 6) is 0. The Morgan fingerprint density at radius 3 is 2.69 bits per heavy atom. The van der Waals surface area contributed by atoms with E-state index in [0.29, 0.717) is 11.8 Å². The molecular weight excluding hydrogens is 222 g/mol. The minimum atomic E-state index is -0.00499. The predicted molar refractivity (Wildman–Crippen MR) is 64.6 cm³/mol. The first-order valence-corrected chi connectivity index (χ1v) is 5.95. The van der Waals surface area contributed by atoms with Crippen LogP contribution in [0.2, 0.25) is 0 Å². The van der Waals surface area contributed by atoms with Gasteiger partial charge in [0, 0.05) is 5.56 Å². The lowest BCUT2D eigenvalue weighted by Gasteiger charge is -1.98. The van der Waals surface area contributed by atoms with Crippen LogP contribution < -0.4 is 4.74 Å². The van der Waals surface area contributed by atoms with Gasteiger partial charge in [-0.1, -0.05) is 41.7 Å². The maximum atomic E-state index is 9.28. The quantitative estimate of drug-likeness (QED) is 0.886. The van der Waals surface area contributed by atoms with Crippen LogP contribution in [-0.4, -0.2) is 16.7 Å². The van der Waals surface area contributed by atoms with Crippen molar-refractivity contribution in [1.29, 1.82) is 0 Å². The average Bonchev–Trinajstić information content (AvgIpc) is 2.74. The van der Waals surface area contributed by atoms with Gasteiger partial charge in [-0.2, -0.15) is 0 Å². The highest BCUT2D eigenvalue weighted by Gasteiger charge is 2.12. The van der Waals surface area contributed by atoms with Gasteiger partial charge in [0.15, 0.2) is 0 Å². The molecule has 0 aliphatic heterocycles. The van der Waals surface area contributed by atoms with Gasteiger partial charge in [-0.25, -0.2) is 4.98 Å². The van der Waals surface area contributed by atoms with Gasteiger partial charge in [-0.15, -0.1) is 0 Å². The zero-order valence-electron chi connectivity index (χ0n) is 9.01. The van der Waals surface area contributed by atoms with E-state index in [9.17, 15) is 5.11 Å². The highest BCUT2D eigenvalue weighted by molar-refractivity contribution is 7.13. The molecule has 0 aliphatic rings. The van der Waals surface area contributed by atoms with Crippen molar-refractivity contribution in [2.45, 2.75) is 13.5 Å². The highest BCUT2D eigenvalue weighted by atomic mass is 32.1. The summed E-state index contributed by atoms with van der Waals surface area (Å²) in [5.41, 5.74) is 1.82. The molecule has 0 unspecified atom stereocenters. The number of hydrogen-bond acceptors (Lipinski definition) is 4. The molecule has 0 fully saturated rings. The molecule has 4 heteroatoms. The molecule has 0 bridgehead atoms. The van der Waals surface area contributed by atoms with E-state index < -0.39 is 0 Å². The summed E-state index contributed by atoms with van der Waals surface area (Å²) in [6.45, 7) is 2.50. The average molecular weight is 235 g/mol. The summed E-state index contributed by atoms with van der Waals surface area (Å²) in [5, 5.41) is 9.89. The third kappa shape index (κ3) is 2.23. The molecule has 0 radical (unpaired) electrons. The van der Waals surface area contributed by atoms with Gasteiger partial charge in [-0.05, 0) is 6.92 Å². The predicted octanol–water partition coefficient (Wildman–Crippen LogP) is 2.70. The summed E-state index contributed by atoms with van der Waals surface area (Å²) >= 11 is 1.40. The van der Waals surface area contributed by atoms with Crippen LogP contribution in [-0.2, 0) is 6.61 Å². The van der Waals surface area contributed by atoms with Crippen LogP contribution in [0.25, 0.3) is 11.3 Å². The largest absolute Gasteiger partial charge is 0.470 e. The number of nitrogens with zero attached hydrogens (tertiary/aromatic N) is 1. The summed E-state index contributed by atoms with van der Waals surface area (Å²) < 4.78 is 5.35. The van der Waals surface area contributed by atoms with Gasteiger partial charge in [0.1, 0.15) is 0 Å². The number of aromatic nitrogens is 1. The van der Waals surface area contributed by atoms with Gasteiger partial charge >= 0.3 is 0 Å². The molecule has 2 rings (SSSR count). The number of benzene rings is 1. The van der Waals surface area contributed by atoms with Crippen molar-refractivity contribution < 1.29 is 9.84 Å². The number of aliphatic hydroxyl groups is 1. The minimum Gasteiger partial charge on any atom is -0.470 e. The molecule has 1 aromatic carbocycles. The Hall–Kier alpha value is -1.39. The van der Waals surface area contributed by atoms with Gasteiger partial charge < -0.3 is 9.84 Å². The molecule has 84 valence electrons. The summed E-state index contributed by atoms with van der Waals surface area (Å²) in [6, 6.07) is 9.82. The maximum Gasteiger partial charge on any atom is 0.274 e. The standard InChI is InChI=1S/C12H13NO2S/c1-2-15-12-13-11(10(8-14)16-12)9-6-4-3-5-7-9/h3-7,14H,2,8H2,1H3. The monoisotopic (exact) mass is 235 g/mol. The minimum absolute atomic E-state index is 0.00499. The Morgan fingerprint density at radius 1 is 1.31 bits per heavy atom. The molecule has 0 spiro atoms. The van der Waals surface area contributed by atoms with Gasteiger partial charge in [0.25, 0.3) is 5.19 Å². The van der Waals surface area contributed by atoms with Crippen LogP contribution >= 0.6 is 11.3 Å². The fraction of sp³-hybridized carbons (Fsp3) is 0.250. The van der Waals surface area contributed by atoms with Crippen molar-refractivity contribution in [1.82, 2.24) is 4.98 Å². The summed E-state index contributed by atoms with van der Waals surface area (Å²) in [7, 11) is 0. The first-order chi connectivity index (χ1) is 7.85. The van der Waals surface area contributed by atoms with E-state index in [0.717, 1.165) is 16.1 Å². The van der Waals surface area contributed by atoms with Crippen molar-refractivity contribution in [3.63, 3.8) is 0 Å². The van der Waals surface area contributed by atoms with Crippen molar-refractivity contribution in [3.8, 4) is 16.5 Å². The van der Waals surface area contributed by atoms with E-state index in [1.165, 1.54) is 11.3 Å². The molecule has 2 aromatic rings. The van der Waals surface area contributed by atoms with Crippen molar-refractivity contribution in [2.75, 3.05) is 6.61 Å². The summed E-state index contributed by atoms with van der Waals surface area (Å²) in [4.78, 5) is 5.22. The Balaban J connectivity index is 2.39. The van der Waals surface area contributed by atoms with Crippen LogP contribution in [0, 0.1) is 0 Å². The van der Waals surface area contributed by atoms with Crippen LogP contribution in [0.3, 0.4) is 0 Å². The van der Waals surface area contributed by atoms with E-state index in [4.69, 9.17) is 4.74 Å². The lowest BCUT2D eigenvalue weighted by molar-refractivity contribution is 0.286. The second-order valence-electron chi connectivity index (χ2n) is 3.21. The van der Waals surface area contributed by atoms with Gasteiger partial charge in [-0.3, -0.25) is 0 Å². The Kier molecular flexibility index (Phi) is 3.54. The number of thiazole rings is 1. The zero-order valence-corrected chi connectivity index (χ0v) is 9.83. The zero-order chi connectivity index (χ0) is 11.4. The molecule has 0 saturated carbocycles. The normalized spacial score (nSPS) is 10.4. The van der Waals surface area contributed by atoms with Crippen LogP contribution in [0.4, 0.5) is 0 Å². The fourth-order valence-corrected chi connectivity index (χ4v) is 2.29. The Labute approximate surface area is 98.4 Å². The number of rotatable bonds is 4. The molecule has 0 aliphatic carbocycles. The third-order valence-corrected chi connectivity index (χ3v) is 3.09. The highest BCUT2D eigenvalue weighted by Crippen LogP contribution is 2.32. The third-order valence-electron chi connectivity index (χ3n) is 2.14. The molecule has 0 saturated heterocycles. The lowest BCUT2D eigenvalue weighted by atomic mass is 10.1. The van der Waals surface area contributed by atoms with Crippen LogP contribution in [0.1, 0.15) is 11.8 Å². The van der Waals surface area contributed by atoms with E-state index >= 15 is 0 Å². The van der Waals surface area contributed by atoms with E-state index in [1.54, 1.807) is 0 Å². The first-order valence-electron chi connectivity index (χ1n) is 5.14. The first kappa shape index (κ1) is 11.1. The SMILES string of the molecule is CCOc1nc(-c2ccccc2)c(CO)s1. The van der Waals surface area contributed by atoms with E-state index in [-0.39, 0.29) is 6.61 Å². The fourth-order valence-electron chi connectivity index (χ4n) is 1.44. The maximum absolute atomic E-state index is 9.28. The Morgan fingerprint density at radius 2 is 2.06 bits per heavy atom. The molecular formula is C12H13NO2S. The molecule has 1 heterocycles. The van der Waals surface area contributed by atoms with Gasteiger partial charge in [0.05, 0.1) is 23.8 Å². The number of ether oxygens (including phenoxy) is 1. The smallest absolute Gasteiger partial charge is 0.274 e. The van der Waals surface area contributed by atoms with Crippen LogP contribution in [0.15, 0.2) is 30.3 Å². The van der Waals surface area contributed by atoms with Crippen molar-refractivity contribution >= 4 is 11.3 Å². The molecule has 3 nitrogen and oxygen atoms in total. The molecule has 1 aromatic heterocycles.